The van der Waals surface area contributed by atoms with Crippen molar-refractivity contribution in [2.45, 2.75) is 31.8 Å². The first-order valence-corrected chi connectivity index (χ1v) is 12.5. The minimum Gasteiger partial charge on any atom is -0.372 e. The van der Waals surface area contributed by atoms with Crippen molar-refractivity contribution in [3.8, 4) is 11.1 Å². The average Bonchev–Trinajstić information content (AvgIpc) is 2.91. The van der Waals surface area contributed by atoms with E-state index < -0.39 is 6.17 Å². The number of piperidine rings is 1. The van der Waals surface area contributed by atoms with Gasteiger partial charge in [-0.15, -0.1) is 0 Å². The summed E-state index contributed by atoms with van der Waals surface area (Å²) in [6.07, 6.45) is 9.71. The van der Waals surface area contributed by atoms with Crippen molar-refractivity contribution in [1.29, 1.82) is 0 Å². The molecule has 3 aromatic carbocycles. The third-order valence-electron chi connectivity index (χ3n) is 6.79. The lowest BCUT2D eigenvalue weighted by molar-refractivity contribution is -0.136. The lowest BCUT2D eigenvalue weighted by atomic mass is 9.98. The van der Waals surface area contributed by atoms with Crippen molar-refractivity contribution in [3.05, 3.63) is 108 Å². The monoisotopic (exact) mass is 487 g/mol. The van der Waals surface area contributed by atoms with Crippen LogP contribution < -0.4 is 10.6 Å². The molecule has 0 radical (unpaired) electrons. The van der Waals surface area contributed by atoms with Gasteiger partial charge in [0.25, 0.3) is 0 Å². The van der Waals surface area contributed by atoms with Gasteiger partial charge in [-0.1, -0.05) is 36.4 Å². The summed E-state index contributed by atoms with van der Waals surface area (Å²) in [5.74, 6) is -0.620. The molecule has 2 N–H and O–H groups in total. The van der Waals surface area contributed by atoms with Crippen molar-refractivity contribution in [2.24, 2.45) is 5.73 Å². The van der Waals surface area contributed by atoms with E-state index in [4.69, 9.17) is 10.6 Å². The normalized spacial score (nSPS) is 17.9. The van der Waals surface area contributed by atoms with E-state index >= 15 is 0 Å². The number of nitrogens with zero attached hydrogens (tertiary/aromatic N) is 2. The van der Waals surface area contributed by atoms with Gasteiger partial charge >= 0.3 is 0 Å². The van der Waals surface area contributed by atoms with Crippen LogP contribution in [0.5, 0.6) is 0 Å². The average molecular weight is 488 g/mol. The van der Waals surface area contributed by atoms with Gasteiger partial charge in [-0.25, -0.2) is 13.8 Å². The predicted octanol–water partition coefficient (Wildman–Crippen LogP) is 6.29. The maximum absolute atomic E-state index is 14.0. The van der Waals surface area contributed by atoms with Gasteiger partial charge in [0.05, 0.1) is 6.61 Å². The van der Waals surface area contributed by atoms with E-state index in [1.807, 2.05) is 18.4 Å². The van der Waals surface area contributed by atoms with E-state index in [0.717, 1.165) is 40.9 Å². The summed E-state index contributed by atoms with van der Waals surface area (Å²) < 4.78 is 27.4. The fraction of sp³-hybridized carbons (Fsp3) is 0.267. The maximum atomic E-state index is 14.0. The number of halogens is 2. The second kappa shape index (κ2) is 11.1. The molecule has 186 valence electrons. The van der Waals surface area contributed by atoms with Crippen molar-refractivity contribution in [2.75, 3.05) is 24.6 Å². The van der Waals surface area contributed by atoms with Gasteiger partial charge in [-0.3, -0.25) is 4.84 Å². The molecule has 1 saturated heterocycles. The molecule has 4 nitrogen and oxygen atoms in total. The molecule has 36 heavy (non-hydrogen) atoms. The number of anilines is 1. The van der Waals surface area contributed by atoms with Gasteiger partial charge in [0.15, 0.2) is 0 Å². The molecule has 0 aromatic heterocycles. The summed E-state index contributed by atoms with van der Waals surface area (Å²) >= 11 is 0. The van der Waals surface area contributed by atoms with Crippen molar-refractivity contribution in [3.63, 3.8) is 0 Å². The third-order valence-corrected chi connectivity index (χ3v) is 6.79. The van der Waals surface area contributed by atoms with Gasteiger partial charge in [-0.2, -0.15) is 0 Å². The third kappa shape index (κ3) is 5.66. The van der Waals surface area contributed by atoms with E-state index in [9.17, 15) is 8.78 Å². The standard InChI is InChI=1S/C30H31F2N3O/c31-26-9-4-23(5-10-26)29-14-11-27(32)20-24(29)16-19-36-35-21-25(8-15-30(35)33)22-6-12-28(13-7-22)34-17-2-1-3-18-34/h4-15,20-21,30H,1-3,16-19,33H2. The summed E-state index contributed by atoms with van der Waals surface area (Å²) in [7, 11) is 0. The van der Waals surface area contributed by atoms with Gasteiger partial charge in [-0.05, 0) is 96.0 Å². The van der Waals surface area contributed by atoms with Gasteiger partial charge in [0.2, 0.25) is 0 Å². The first-order valence-electron chi connectivity index (χ1n) is 12.5. The Morgan fingerprint density at radius 1 is 0.833 bits per heavy atom. The van der Waals surface area contributed by atoms with Crippen LogP contribution in [0.1, 0.15) is 30.4 Å². The molecule has 2 aliphatic heterocycles. The summed E-state index contributed by atoms with van der Waals surface area (Å²) in [6, 6.07) is 19.5. The quantitative estimate of drug-likeness (QED) is 0.425. The molecule has 6 heteroatoms. The van der Waals surface area contributed by atoms with Crippen LogP contribution in [0.2, 0.25) is 0 Å². The van der Waals surface area contributed by atoms with Gasteiger partial charge in [0.1, 0.15) is 17.8 Å². The Morgan fingerprint density at radius 3 is 2.28 bits per heavy atom. The van der Waals surface area contributed by atoms with E-state index in [1.54, 1.807) is 23.3 Å². The Labute approximate surface area is 211 Å². The minimum absolute atomic E-state index is 0.304. The first-order chi connectivity index (χ1) is 17.6. The van der Waals surface area contributed by atoms with Crippen LogP contribution in [0.25, 0.3) is 16.7 Å². The highest BCUT2D eigenvalue weighted by Crippen LogP contribution is 2.28. The van der Waals surface area contributed by atoms with E-state index in [-0.39, 0.29) is 11.6 Å². The van der Waals surface area contributed by atoms with Crippen molar-refractivity contribution >= 4 is 11.3 Å². The number of rotatable bonds is 7. The topological polar surface area (TPSA) is 41.7 Å². The molecule has 1 unspecified atom stereocenters. The number of nitrogens with two attached hydrogens (primary N) is 1. The number of benzene rings is 3. The van der Waals surface area contributed by atoms with Crippen LogP contribution in [-0.4, -0.2) is 30.9 Å². The van der Waals surface area contributed by atoms with Crippen LogP contribution in [-0.2, 0) is 11.3 Å². The number of hydrogen-bond donors (Lipinski definition) is 1. The zero-order chi connectivity index (χ0) is 24.9. The Bertz CT molecular complexity index is 1230. The fourth-order valence-electron chi connectivity index (χ4n) is 4.81. The van der Waals surface area contributed by atoms with Crippen molar-refractivity contribution < 1.29 is 13.6 Å². The van der Waals surface area contributed by atoms with Crippen LogP contribution in [0, 0.1) is 11.6 Å². The molecule has 1 fully saturated rings. The zero-order valence-corrected chi connectivity index (χ0v) is 20.2. The van der Waals surface area contributed by atoms with E-state index in [0.29, 0.717) is 13.0 Å². The van der Waals surface area contributed by atoms with Gasteiger partial charge in [0, 0.05) is 25.0 Å². The highest BCUT2D eigenvalue weighted by molar-refractivity contribution is 5.75. The summed E-state index contributed by atoms with van der Waals surface area (Å²) in [5.41, 5.74) is 12.1. The molecular formula is C30H31F2N3O. The maximum Gasteiger partial charge on any atom is 0.123 e. The molecule has 0 spiro atoms. The van der Waals surface area contributed by atoms with Crippen LogP contribution in [0.15, 0.2) is 85.1 Å². The number of hydroxylamine groups is 2. The first kappa shape index (κ1) is 24.2. The molecule has 3 aromatic rings. The molecule has 0 saturated carbocycles. The smallest absolute Gasteiger partial charge is 0.123 e. The summed E-state index contributed by atoms with van der Waals surface area (Å²) in [6.45, 7) is 2.55. The molecule has 0 amide bonds. The van der Waals surface area contributed by atoms with Crippen molar-refractivity contribution in [1.82, 2.24) is 5.06 Å². The SMILES string of the molecule is NC1C=CC(c2ccc(N3CCCCC3)cc2)=CN1OCCc1cc(F)ccc1-c1ccc(F)cc1. The molecule has 1 atom stereocenters. The van der Waals surface area contributed by atoms with Crippen LogP contribution in [0.4, 0.5) is 14.5 Å². The molecule has 2 aliphatic rings. The highest BCUT2D eigenvalue weighted by atomic mass is 19.1. The minimum atomic E-state index is -0.412. The molecular weight excluding hydrogens is 456 g/mol. The second-order valence-electron chi connectivity index (χ2n) is 9.28. The lowest BCUT2D eigenvalue weighted by Crippen LogP contribution is -2.38. The highest BCUT2D eigenvalue weighted by Gasteiger charge is 2.17. The number of hydrogen-bond acceptors (Lipinski definition) is 4. The molecule has 0 bridgehead atoms. The van der Waals surface area contributed by atoms with E-state index in [1.165, 1.54) is 49.2 Å². The Morgan fingerprint density at radius 2 is 1.53 bits per heavy atom. The van der Waals surface area contributed by atoms with Crippen LogP contribution >= 0.6 is 0 Å². The van der Waals surface area contributed by atoms with Gasteiger partial charge < -0.3 is 10.6 Å². The molecule has 5 rings (SSSR count). The summed E-state index contributed by atoms with van der Waals surface area (Å²) in [5, 5.41) is 1.64. The van der Waals surface area contributed by atoms with Crippen LogP contribution in [0.3, 0.4) is 0 Å². The Kier molecular flexibility index (Phi) is 7.44. The summed E-state index contributed by atoms with van der Waals surface area (Å²) in [4.78, 5) is 8.45. The van der Waals surface area contributed by atoms with E-state index in [2.05, 4.69) is 29.2 Å². The predicted molar refractivity (Wildman–Crippen MR) is 141 cm³/mol. The second-order valence-corrected chi connectivity index (χ2v) is 9.28. The Balaban J connectivity index is 1.25. The molecule has 0 aliphatic carbocycles. The molecule has 2 heterocycles. The lowest BCUT2D eigenvalue weighted by Gasteiger charge is -2.30. The zero-order valence-electron chi connectivity index (χ0n) is 20.2. The Hall–Kier alpha value is -3.48. The number of allylic oxidation sites excluding steroid dienone is 2. The fourth-order valence-corrected chi connectivity index (χ4v) is 4.81. The largest absolute Gasteiger partial charge is 0.372 e.